The summed E-state index contributed by atoms with van der Waals surface area (Å²) in [5, 5.41) is 34.7. The van der Waals surface area contributed by atoms with Crippen molar-refractivity contribution in [1.29, 1.82) is 0 Å². The summed E-state index contributed by atoms with van der Waals surface area (Å²) in [4.78, 5) is 60.1. The van der Waals surface area contributed by atoms with E-state index in [0.29, 0.717) is 57.3 Å². The second kappa shape index (κ2) is 32.6. The number of carbonyl (C=O) groups excluding carboxylic acids is 4. The number of likely N-dealkylation sites (N-methyl/N-ethyl adjacent to an activating group) is 1. The average Bonchev–Trinajstić information content (AvgIpc) is 3.19. The highest BCUT2D eigenvalue weighted by Gasteiger charge is 2.25. The van der Waals surface area contributed by atoms with Crippen molar-refractivity contribution in [2.24, 2.45) is 11.6 Å². The van der Waals surface area contributed by atoms with Crippen molar-refractivity contribution in [3.05, 3.63) is 77.5 Å². The molecule has 2 aromatic carbocycles. The molecule has 0 radical (unpaired) electrons. The number of aliphatic carboxylic acids is 1. The van der Waals surface area contributed by atoms with Gasteiger partial charge in [0.2, 0.25) is 0 Å². The first kappa shape index (κ1) is 52.3. The lowest BCUT2D eigenvalue weighted by atomic mass is 9.95. The van der Waals surface area contributed by atoms with Crippen LogP contribution in [-0.2, 0) is 30.5 Å². The summed E-state index contributed by atoms with van der Waals surface area (Å²) in [6, 6.07) is 16.4. The highest BCUT2D eigenvalue weighted by atomic mass is 16.4. The first-order chi connectivity index (χ1) is 26.6. The normalized spacial score (nSPS) is 12.6. The zero-order chi connectivity index (χ0) is 42.2. The van der Waals surface area contributed by atoms with Gasteiger partial charge in [0.25, 0.3) is 0 Å². The van der Waals surface area contributed by atoms with E-state index >= 15 is 0 Å². The van der Waals surface area contributed by atoms with Crippen LogP contribution < -0.4 is 21.8 Å². The third kappa shape index (κ3) is 19.3. The maximum Gasteiger partial charge on any atom is 0.317 e. The number of hydrogen-bond donors (Lipinski definition) is 7. The molecule has 55 heavy (non-hydrogen) atoms. The molecule has 2 aromatic rings. The van der Waals surface area contributed by atoms with Crippen molar-refractivity contribution >= 4 is 48.2 Å². The van der Waals surface area contributed by atoms with Crippen LogP contribution in [0.1, 0.15) is 23.6 Å². The molecule has 0 bridgehead atoms. The summed E-state index contributed by atoms with van der Waals surface area (Å²) >= 11 is 0. The number of fused-ring (bicyclic) bond motifs is 2. The molecule has 1 aliphatic rings. The standard InChI is InChI=1S/C21H27N5.C14H23N3O6.3CH4O/c1-15(2)25-14-16-8-4-5-9-17(16)21(26(23)13-12-24-3)20(22)18-10-6-7-11-19(18)25;18-9-5-15(1-2-16(6-10-19)7-11-20)3-4-17(8-12-21)13-14(22)23;3*1-2/h4-11,24H,1,12-14,22-23H2,2-3H3;9-12H,1-8,13H2,(H,22,23);3*2H,1H3/b21-20-;;;;. The number of anilines is 1. The Morgan fingerprint density at radius 3 is 1.73 bits per heavy atom. The van der Waals surface area contributed by atoms with Gasteiger partial charge in [0, 0.05) is 84.0 Å². The summed E-state index contributed by atoms with van der Waals surface area (Å²) < 4.78 is 0. The number of nitrogens with two attached hydrogens (primary N) is 2. The molecule has 0 unspecified atom stereocenters. The summed E-state index contributed by atoms with van der Waals surface area (Å²) in [5.74, 6) is 5.41. The second-order valence-electron chi connectivity index (χ2n) is 11.4. The van der Waals surface area contributed by atoms with E-state index in [1.807, 2.05) is 44.3 Å². The number of benzene rings is 2. The number of rotatable bonds is 21. The van der Waals surface area contributed by atoms with E-state index < -0.39 is 5.97 Å². The molecule has 3 rings (SSSR count). The van der Waals surface area contributed by atoms with E-state index in [1.54, 1.807) is 14.8 Å². The van der Waals surface area contributed by atoms with Gasteiger partial charge in [0.1, 0.15) is 25.1 Å². The number of aliphatic hydroxyl groups excluding tert-OH is 3. The quantitative estimate of drug-likeness (QED) is 0.0472. The number of aliphatic hydroxyl groups is 3. The van der Waals surface area contributed by atoms with Gasteiger partial charge in [-0.2, -0.15) is 0 Å². The highest BCUT2D eigenvalue weighted by Crippen LogP contribution is 2.37. The van der Waals surface area contributed by atoms with E-state index in [2.05, 4.69) is 35.0 Å². The fourth-order valence-electron chi connectivity index (χ4n) is 5.31. The average molecular weight is 775 g/mol. The van der Waals surface area contributed by atoms with Crippen LogP contribution >= 0.6 is 0 Å². The molecule has 17 heteroatoms. The van der Waals surface area contributed by atoms with Crippen molar-refractivity contribution in [2.75, 3.05) is 105 Å². The van der Waals surface area contributed by atoms with E-state index in [0.717, 1.165) is 68.9 Å². The lowest BCUT2D eigenvalue weighted by Crippen LogP contribution is -2.42. The van der Waals surface area contributed by atoms with E-state index in [-0.39, 0.29) is 32.7 Å². The van der Waals surface area contributed by atoms with Crippen LogP contribution in [-0.4, -0.2) is 172 Å². The summed E-state index contributed by atoms with van der Waals surface area (Å²) in [6.07, 6.45) is 2.76. The van der Waals surface area contributed by atoms with E-state index in [1.165, 1.54) is 10.5 Å². The maximum atomic E-state index is 10.7. The van der Waals surface area contributed by atoms with Gasteiger partial charge >= 0.3 is 5.97 Å². The van der Waals surface area contributed by atoms with Crippen molar-refractivity contribution in [3.8, 4) is 0 Å². The molecule has 0 aliphatic carbocycles. The van der Waals surface area contributed by atoms with Gasteiger partial charge in [-0.1, -0.05) is 49.0 Å². The van der Waals surface area contributed by atoms with Gasteiger partial charge in [-0.05, 0) is 25.6 Å². The Kier molecular flexibility index (Phi) is 30.9. The number of allylic oxidation sites excluding steroid dienone is 1. The Balaban J connectivity index is 0. The van der Waals surface area contributed by atoms with Crippen LogP contribution in [0.25, 0.3) is 11.4 Å². The molecular formula is C38H62N8O9. The SMILES string of the molecule is C=C(C)N1Cc2ccccc2/C(N(N)CCNC)=C(/N)c2ccccc21.CO.CO.CO.O=CCN(CC=O)CCN(CC=O)CCN(CC=O)CC(=O)O. The minimum Gasteiger partial charge on any atom is -0.480 e. The molecule has 0 spiro atoms. The minimum atomic E-state index is -1.03. The summed E-state index contributed by atoms with van der Waals surface area (Å²) in [6.45, 7) is 10.1. The highest BCUT2D eigenvalue weighted by molar-refractivity contribution is 5.94. The number of carboxylic acid groups (broad SMARTS) is 1. The topological polar surface area (TPSA) is 247 Å². The van der Waals surface area contributed by atoms with E-state index in [9.17, 15) is 24.0 Å². The Labute approximate surface area is 325 Å². The fourth-order valence-corrected chi connectivity index (χ4v) is 5.31. The van der Waals surface area contributed by atoms with Gasteiger partial charge in [0.15, 0.2) is 0 Å². The molecular weight excluding hydrogens is 712 g/mol. The predicted octanol–water partition coefficient (Wildman–Crippen LogP) is -0.682. The second-order valence-corrected chi connectivity index (χ2v) is 11.4. The predicted molar refractivity (Wildman–Crippen MR) is 215 cm³/mol. The number of nitrogens with one attached hydrogen (secondary N) is 1. The molecule has 0 fully saturated rings. The number of hydrogen-bond acceptors (Lipinski definition) is 16. The molecule has 9 N–H and O–H groups in total. The number of carbonyl (C=O) groups is 5. The zero-order valence-corrected chi connectivity index (χ0v) is 32.8. The molecule has 0 aromatic heterocycles. The molecule has 0 atom stereocenters. The number of para-hydroxylation sites is 1. The van der Waals surface area contributed by atoms with Crippen molar-refractivity contribution in [2.45, 2.75) is 13.5 Å². The molecule has 1 heterocycles. The van der Waals surface area contributed by atoms with Crippen molar-refractivity contribution in [1.82, 2.24) is 25.0 Å². The lowest BCUT2D eigenvalue weighted by molar-refractivity contribution is -0.138. The Morgan fingerprint density at radius 2 is 1.22 bits per heavy atom. The minimum absolute atomic E-state index is 0.00361. The number of nitrogens with zero attached hydrogens (tertiary/aromatic N) is 5. The number of hydrazine groups is 1. The molecule has 308 valence electrons. The van der Waals surface area contributed by atoms with Gasteiger partial charge in [-0.3, -0.25) is 19.5 Å². The van der Waals surface area contributed by atoms with Gasteiger partial charge < -0.3 is 60.6 Å². The van der Waals surface area contributed by atoms with Crippen molar-refractivity contribution < 1.29 is 44.4 Å². The molecule has 0 amide bonds. The van der Waals surface area contributed by atoms with Crippen LogP contribution in [0.3, 0.4) is 0 Å². The monoisotopic (exact) mass is 774 g/mol. The smallest absolute Gasteiger partial charge is 0.317 e. The van der Waals surface area contributed by atoms with Gasteiger partial charge in [-0.25, -0.2) is 5.84 Å². The van der Waals surface area contributed by atoms with E-state index in [4.69, 9.17) is 32.0 Å². The molecule has 17 nitrogen and oxygen atoms in total. The maximum absolute atomic E-state index is 10.7. The molecule has 0 saturated carbocycles. The third-order valence-electron chi connectivity index (χ3n) is 7.85. The largest absolute Gasteiger partial charge is 0.480 e. The summed E-state index contributed by atoms with van der Waals surface area (Å²) in [7, 11) is 4.91. The van der Waals surface area contributed by atoms with Gasteiger partial charge in [0.05, 0.1) is 49.8 Å². The van der Waals surface area contributed by atoms with Crippen molar-refractivity contribution in [3.63, 3.8) is 0 Å². The van der Waals surface area contributed by atoms with Crippen LogP contribution in [0.5, 0.6) is 0 Å². The first-order valence-corrected chi connectivity index (χ1v) is 17.4. The Hall–Kier alpha value is -4.85. The van der Waals surface area contributed by atoms with Crippen LogP contribution in [0.4, 0.5) is 5.69 Å². The third-order valence-corrected chi connectivity index (χ3v) is 7.85. The lowest BCUT2D eigenvalue weighted by Gasteiger charge is -2.34. The fraction of sp³-hybridized carbons (Fsp3) is 0.447. The Bertz CT molecular complexity index is 1430. The van der Waals surface area contributed by atoms with Gasteiger partial charge in [-0.15, -0.1) is 0 Å². The number of aldehydes is 4. The number of carboxylic acids is 1. The van der Waals surface area contributed by atoms with Crippen LogP contribution in [0.15, 0.2) is 60.8 Å². The molecule has 1 aliphatic heterocycles. The Morgan fingerprint density at radius 1 is 0.764 bits per heavy atom. The van der Waals surface area contributed by atoms with Crippen LogP contribution in [0, 0.1) is 0 Å². The van der Waals surface area contributed by atoms with Crippen LogP contribution in [0.2, 0.25) is 0 Å². The zero-order valence-electron chi connectivity index (χ0n) is 32.8. The first-order valence-electron chi connectivity index (χ1n) is 17.4. The summed E-state index contributed by atoms with van der Waals surface area (Å²) in [5.41, 5.74) is 13.5. The molecule has 0 saturated heterocycles.